The molecule has 0 unspecified atom stereocenters. The van der Waals surface area contributed by atoms with Crippen LogP contribution in [0, 0.1) is 0 Å². The molecule has 17 heavy (non-hydrogen) atoms. The SMILES string of the molecule is c1cc2c(cc1Cc1ccc3c(c1)CC3)CC2. The molecule has 2 aromatic rings. The van der Waals surface area contributed by atoms with Crippen LogP contribution in [0.2, 0.25) is 0 Å². The lowest BCUT2D eigenvalue weighted by Gasteiger charge is -2.21. The number of hydrogen-bond acceptors (Lipinski definition) is 0. The molecule has 0 atom stereocenters. The second-order valence-electron chi connectivity index (χ2n) is 5.38. The Morgan fingerprint density at radius 2 is 1.06 bits per heavy atom. The van der Waals surface area contributed by atoms with E-state index in [9.17, 15) is 0 Å². The van der Waals surface area contributed by atoms with E-state index >= 15 is 0 Å². The highest BCUT2D eigenvalue weighted by Crippen LogP contribution is 2.27. The van der Waals surface area contributed by atoms with Crippen molar-refractivity contribution in [3.05, 3.63) is 69.8 Å². The maximum Gasteiger partial charge on any atom is -0.00256 e. The molecule has 0 N–H and O–H groups in total. The first-order valence-electron chi connectivity index (χ1n) is 6.60. The molecule has 2 aliphatic carbocycles. The van der Waals surface area contributed by atoms with Gasteiger partial charge >= 0.3 is 0 Å². The summed E-state index contributed by atoms with van der Waals surface area (Å²) in [6, 6.07) is 14.0. The zero-order valence-electron chi connectivity index (χ0n) is 10.00. The van der Waals surface area contributed by atoms with E-state index in [0.717, 1.165) is 6.42 Å². The van der Waals surface area contributed by atoms with Crippen LogP contribution in [0.5, 0.6) is 0 Å². The fraction of sp³-hybridized carbons (Fsp3) is 0.294. The third-order valence-electron chi connectivity index (χ3n) is 4.28. The highest BCUT2D eigenvalue weighted by molar-refractivity contribution is 5.43. The van der Waals surface area contributed by atoms with Crippen LogP contribution in [-0.2, 0) is 32.1 Å². The monoisotopic (exact) mass is 220 g/mol. The van der Waals surface area contributed by atoms with Crippen molar-refractivity contribution in [1.29, 1.82) is 0 Å². The van der Waals surface area contributed by atoms with Crippen LogP contribution in [0.1, 0.15) is 33.4 Å². The van der Waals surface area contributed by atoms with Crippen molar-refractivity contribution in [2.45, 2.75) is 32.1 Å². The largest absolute Gasteiger partial charge is 0.0585 e. The summed E-state index contributed by atoms with van der Waals surface area (Å²) in [6.07, 6.45) is 6.24. The van der Waals surface area contributed by atoms with E-state index in [1.807, 2.05) is 0 Å². The van der Waals surface area contributed by atoms with Crippen molar-refractivity contribution in [1.82, 2.24) is 0 Å². The lowest BCUT2D eigenvalue weighted by Crippen LogP contribution is -2.10. The highest BCUT2D eigenvalue weighted by atomic mass is 14.2. The minimum absolute atomic E-state index is 1.10. The third kappa shape index (κ3) is 1.51. The van der Waals surface area contributed by atoms with Gasteiger partial charge in [-0.3, -0.25) is 0 Å². The van der Waals surface area contributed by atoms with Gasteiger partial charge in [0.25, 0.3) is 0 Å². The molecule has 0 fully saturated rings. The third-order valence-corrected chi connectivity index (χ3v) is 4.28. The molecule has 0 aliphatic heterocycles. The number of aryl methyl sites for hydroxylation is 4. The number of benzene rings is 2. The second kappa shape index (κ2) is 3.46. The van der Waals surface area contributed by atoms with Crippen molar-refractivity contribution >= 4 is 0 Å². The first-order valence-corrected chi connectivity index (χ1v) is 6.60. The van der Waals surface area contributed by atoms with Crippen LogP contribution in [0.3, 0.4) is 0 Å². The minimum atomic E-state index is 1.10. The molecule has 0 heteroatoms. The van der Waals surface area contributed by atoms with Gasteiger partial charge in [-0.15, -0.1) is 0 Å². The first-order chi connectivity index (χ1) is 8.38. The summed E-state index contributed by atoms with van der Waals surface area (Å²) < 4.78 is 0. The quantitative estimate of drug-likeness (QED) is 0.727. The zero-order valence-corrected chi connectivity index (χ0v) is 10.00. The summed E-state index contributed by atoms with van der Waals surface area (Å²) in [4.78, 5) is 0. The van der Waals surface area contributed by atoms with Gasteiger partial charge in [0.05, 0.1) is 0 Å². The molecule has 0 heterocycles. The predicted octanol–water partition coefficient (Wildman–Crippen LogP) is 3.47. The lowest BCUT2D eigenvalue weighted by atomic mass is 9.84. The van der Waals surface area contributed by atoms with Crippen LogP contribution in [-0.4, -0.2) is 0 Å². The average Bonchev–Trinajstić information content (AvgIpc) is 2.26. The van der Waals surface area contributed by atoms with E-state index in [-0.39, 0.29) is 0 Å². The van der Waals surface area contributed by atoms with E-state index < -0.39 is 0 Å². The maximum absolute atomic E-state index is 2.40. The van der Waals surface area contributed by atoms with Crippen molar-refractivity contribution in [3.63, 3.8) is 0 Å². The smallest absolute Gasteiger partial charge is 0.00256 e. The number of hydrogen-bond donors (Lipinski definition) is 0. The summed E-state index contributed by atoms with van der Waals surface area (Å²) >= 11 is 0. The topological polar surface area (TPSA) is 0 Å². The van der Waals surface area contributed by atoms with E-state index in [1.165, 1.54) is 36.8 Å². The Bertz CT molecular complexity index is 539. The summed E-state index contributed by atoms with van der Waals surface area (Å²) in [7, 11) is 0. The molecule has 84 valence electrons. The van der Waals surface area contributed by atoms with Gasteiger partial charge in [0.1, 0.15) is 0 Å². The Kier molecular flexibility index (Phi) is 1.93. The minimum Gasteiger partial charge on any atom is -0.0585 e. The molecule has 4 rings (SSSR count). The Labute approximate surface area is 102 Å². The van der Waals surface area contributed by atoms with Crippen molar-refractivity contribution < 1.29 is 0 Å². The molecule has 0 aromatic heterocycles. The molecular formula is C17H16. The van der Waals surface area contributed by atoms with Gasteiger partial charge in [0.2, 0.25) is 0 Å². The van der Waals surface area contributed by atoms with Gasteiger partial charge in [-0.2, -0.15) is 0 Å². The first kappa shape index (κ1) is 9.47. The Hall–Kier alpha value is -1.56. The molecule has 2 aromatic carbocycles. The van der Waals surface area contributed by atoms with Crippen molar-refractivity contribution in [2.75, 3.05) is 0 Å². The predicted molar refractivity (Wildman–Crippen MR) is 70.5 cm³/mol. The molecule has 0 saturated heterocycles. The maximum atomic E-state index is 2.40. The molecule has 0 nitrogen and oxygen atoms in total. The van der Waals surface area contributed by atoms with Crippen LogP contribution in [0.15, 0.2) is 36.4 Å². The van der Waals surface area contributed by atoms with E-state index in [4.69, 9.17) is 0 Å². The van der Waals surface area contributed by atoms with Crippen molar-refractivity contribution in [2.24, 2.45) is 0 Å². The van der Waals surface area contributed by atoms with Crippen LogP contribution < -0.4 is 0 Å². The van der Waals surface area contributed by atoms with E-state index in [2.05, 4.69) is 36.4 Å². The Morgan fingerprint density at radius 1 is 0.588 bits per heavy atom. The molecule has 0 amide bonds. The van der Waals surface area contributed by atoms with Crippen LogP contribution >= 0.6 is 0 Å². The number of rotatable bonds is 2. The standard InChI is InChI=1S/C17H16/c1-3-14-5-7-16(14)10-12(1)9-13-2-4-15-6-8-17(15)11-13/h1-4,10-11H,5-9H2. The van der Waals surface area contributed by atoms with Gasteiger partial charge in [-0.25, -0.2) is 0 Å². The van der Waals surface area contributed by atoms with E-state index in [1.54, 1.807) is 22.3 Å². The summed E-state index contributed by atoms with van der Waals surface area (Å²) in [5, 5.41) is 0. The van der Waals surface area contributed by atoms with Crippen LogP contribution in [0.25, 0.3) is 0 Å². The van der Waals surface area contributed by atoms with Crippen molar-refractivity contribution in [3.8, 4) is 0 Å². The van der Waals surface area contributed by atoms with Gasteiger partial charge in [0, 0.05) is 0 Å². The normalized spacial score (nSPS) is 15.5. The highest BCUT2D eigenvalue weighted by Gasteiger charge is 2.14. The molecule has 2 aliphatic rings. The fourth-order valence-corrected chi connectivity index (χ4v) is 2.95. The summed E-state index contributed by atoms with van der Waals surface area (Å²) in [5.74, 6) is 0. The van der Waals surface area contributed by atoms with Gasteiger partial charge in [0.15, 0.2) is 0 Å². The second-order valence-corrected chi connectivity index (χ2v) is 5.38. The lowest BCUT2D eigenvalue weighted by molar-refractivity contribution is 0.829. The van der Waals surface area contributed by atoms with E-state index in [0.29, 0.717) is 0 Å². The Morgan fingerprint density at radius 3 is 1.41 bits per heavy atom. The van der Waals surface area contributed by atoms with Gasteiger partial charge in [-0.1, -0.05) is 36.4 Å². The summed E-state index contributed by atoms with van der Waals surface area (Å²) in [5.41, 5.74) is 9.22. The molecular weight excluding hydrogens is 204 g/mol. The summed E-state index contributed by atoms with van der Waals surface area (Å²) in [6.45, 7) is 0. The number of fused-ring (bicyclic) bond motifs is 2. The Balaban J connectivity index is 1.63. The average molecular weight is 220 g/mol. The molecule has 0 radical (unpaired) electrons. The molecule has 0 saturated carbocycles. The molecule has 0 spiro atoms. The fourth-order valence-electron chi connectivity index (χ4n) is 2.95. The zero-order chi connectivity index (χ0) is 11.2. The van der Waals surface area contributed by atoms with Gasteiger partial charge < -0.3 is 0 Å². The van der Waals surface area contributed by atoms with Crippen LogP contribution in [0.4, 0.5) is 0 Å². The molecule has 0 bridgehead atoms. The van der Waals surface area contributed by atoms with Gasteiger partial charge in [-0.05, 0) is 65.5 Å².